The monoisotopic (exact) mass is 477 g/mol. The summed E-state index contributed by atoms with van der Waals surface area (Å²) in [5.41, 5.74) is 3.09. The molecule has 1 saturated heterocycles. The number of rotatable bonds is 11. The van der Waals surface area contributed by atoms with Gasteiger partial charge in [-0.1, -0.05) is 11.6 Å². The second kappa shape index (κ2) is 11.4. The fraction of sp³-hybridized carbons (Fsp3) is 0.542. The van der Waals surface area contributed by atoms with E-state index in [1.807, 2.05) is 13.0 Å². The molecular formula is C24H32FN3O6. The highest BCUT2D eigenvalue weighted by Crippen LogP contribution is 2.41. The zero-order chi connectivity index (χ0) is 24.8. The molecule has 0 saturated carbocycles. The molecule has 1 amide bonds. The Bertz CT molecular complexity index is 988. The highest BCUT2D eigenvalue weighted by atomic mass is 19.1. The maximum Gasteiger partial charge on any atom is 0.341 e. The van der Waals surface area contributed by atoms with Crippen LogP contribution in [-0.4, -0.2) is 67.9 Å². The molecule has 1 unspecified atom stereocenters. The molecule has 3 N–H and O–H groups in total. The van der Waals surface area contributed by atoms with Crippen molar-refractivity contribution in [1.29, 1.82) is 0 Å². The SMILES string of the molecule is COc1c(C)c2c(c(NC(=O)CF)c1C/C=C(\C)CC(CCN1CCNC1)C(=O)O)C(=O)OC2. The van der Waals surface area contributed by atoms with Gasteiger partial charge in [0.05, 0.1) is 24.3 Å². The van der Waals surface area contributed by atoms with Gasteiger partial charge in [-0.15, -0.1) is 0 Å². The van der Waals surface area contributed by atoms with E-state index in [1.54, 1.807) is 6.92 Å². The number of nitrogens with one attached hydrogen (secondary N) is 2. The van der Waals surface area contributed by atoms with Crippen LogP contribution < -0.4 is 15.4 Å². The van der Waals surface area contributed by atoms with E-state index in [0.717, 1.165) is 25.3 Å². The molecule has 186 valence electrons. The summed E-state index contributed by atoms with van der Waals surface area (Å²) in [7, 11) is 1.49. The summed E-state index contributed by atoms with van der Waals surface area (Å²) >= 11 is 0. The summed E-state index contributed by atoms with van der Waals surface area (Å²) in [5, 5.41) is 15.4. The Kier molecular flexibility index (Phi) is 8.62. The van der Waals surface area contributed by atoms with Crippen molar-refractivity contribution in [3.63, 3.8) is 0 Å². The van der Waals surface area contributed by atoms with Crippen LogP contribution in [0.25, 0.3) is 0 Å². The van der Waals surface area contributed by atoms with Crippen molar-refractivity contribution in [2.24, 2.45) is 5.92 Å². The highest BCUT2D eigenvalue weighted by Gasteiger charge is 2.32. The lowest BCUT2D eigenvalue weighted by Gasteiger charge is -2.20. The first-order chi connectivity index (χ1) is 16.3. The number of anilines is 1. The van der Waals surface area contributed by atoms with Crippen molar-refractivity contribution >= 4 is 23.5 Å². The molecule has 10 heteroatoms. The summed E-state index contributed by atoms with van der Waals surface area (Å²) in [4.78, 5) is 38.3. The van der Waals surface area contributed by atoms with Crippen LogP contribution in [0.15, 0.2) is 11.6 Å². The van der Waals surface area contributed by atoms with Gasteiger partial charge in [0.15, 0.2) is 6.67 Å². The number of fused-ring (bicyclic) bond motifs is 1. The highest BCUT2D eigenvalue weighted by molar-refractivity contribution is 6.06. The first-order valence-corrected chi connectivity index (χ1v) is 11.3. The Labute approximate surface area is 198 Å². The number of amides is 1. The zero-order valence-electron chi connectivity index (χ0n) is 19.8. The van der Waals surface area contributed by atoms with Gasteiger partial charge in [-0.3, -0.25) is 14.5 Å². The average molecular weight is 478 g/mol. The van der Waals surface area contributed by atoms with Crippen LogP contribution in [0.2, 0.25) is 0 Å². The summed E-state index contributed by atoms with van der Waals surface area (Å²) in [6, 6.07) is 0. The largest absolute Gasteiger partial charge is 0.496 e. The standard InChI is InChI=1S/C24H32FN3O6/c1-14(10-16(23(30)31)6-8-28-9-7-26-13-28)4-5-17-21(27-19(29)11-25)20-18(12-34-24(20)32)15(2)22(17)33-3/h4,16,26H,5-13H2,1-3H3,(H,27,29)(H,30,31)/b14-4+. The number of carboxylic acid groups (broad SMARTS) is 1. The molecule has 1 aromatic carbocycles. The normalized spacial score (nSPS) is 16.8. The van der Waals surface area contributed by atoms with Gasteiger partial charge in [0.1, 0.15) is 12.4 Å². The number of alkyl halides is 1. The van der Waals surface area contributed by atoms with Crippen molar-refractivity contribution < 1.29 is 33.4 Å². The van der Waals surface area contributed by atoms with E-state index in [-0.39, 0.29) is 24.3 Å². The van der Waals surface area contributed by atoms with E-state index in [4.69, 9.17) is 9.47 Å². The number of methoxy groups -OCH3 is 1. The second-order valence-electron chi connectivity index (χ2n) is 8.68. The number of ether oxygens (including phenoxy) is 2. The number of carbonyl (C=O) groups excluding carboxylic acids is 2. The maximum absolute atomic E-state index is 13.0. The molecule has 1 atom stereocenters. The van der Waals surface area contributed by atoms with E-state index < -0.39 is 30.4 Å². The van der Waals surface area contributed by atoms with Gasteiger partial charge in [0.2, 0.25) is 0 Å². The number of esters is 1. The number of aliphatic carboxylic acids is 1. The molecule has 2 aliphatic rings. The minimum atomic E-state index is -1.23. The fourth-order valence-corrected chi connectivity index (χ4v) is 4.51. The quantitative estimate of drug-likeness (QED) is 0.329. The number of halogens is 1. The van der Waals surface area contributed by atoms with Gasteiger partial charge in [-0.25, -0.2) is 9.18 Å². The van der Waals surface area contributed by atoms with Gasteiger partial charge < -0.3 is 25.2 Å². The number of hydrogen-bond acceptors (Lipinski definition) is 7. The molecule has 1 aromatic rings. The predicted molar refractivity (Wildman–Crippen MR) is 124 cm³/mol. The number of allylic oxidation sites excluding steroid dienone is 2. The predicted octanol–water partition coefficient (Wildman–Crippen LogP) is 2.41. The van der Waals surface area contributed by atoms with Crippen LogP contribution in [0.3, 0.4) is 0 Å². The third kappa shape index (κ3) is 5.74. The number of carboxylic acids is 1. The first kappa shape index (κ1) is 25.6. The van der Waals surface area contributed by atoms with Crippen molar-refractivity contribution in [2.75, 3.05) is 45.4 Å². The van der Waals surface area contributed by atoms with Crippen LogP contribution in [-0.2, 0) is 27.4 Å². The Morgan fingerprint density at radius 2 is 2.18 bits per heavy atom. The lowest BCUT2D eigenvalue weighted by Crippen LogP contribution is -2.27. The molecule has 0 bridgehead atoms. The van der Waals surface area contributed by atoms with Gasteiger partial charge in [-0.05, 0) is 38.7 Å². The minimum absolute atomic E-state index is 0.0524. The van der Waals surface area contributed by atoms with E-state index >= 15 is 0 Å². The Balaban J connectivity index is 1.85. The van der Waals surface area contributed by atoms with Gasteiger partial charge >= 0.3 is 11.9 Å². The first-order valence-electron chi connectivity index (χ1n) is 11.3. The molecule has 0 radical (unpaired) electrons. The molecule has 2 aliphatic heterocycles. The van der Waals surface area contributed by atoms with Crippen molar-refractivity contribution in [1.82, 2.24) is 10.2 Å². The summed E-state index contributed by atoms with van der Waals surface area (Å²) in [6.45, 7) is 5.77. The van der Waals surface area contributed by atoms with E-state index in [2.05, 4.69) is 15.5 Å². The van der Waals surface area contributed by atoms with E-state index in [0.29, 0.717) is 41.8 Å². The Hall–Kier alpha value is -2.98. The summed E-state index contributed by atoms with van der Waals surface area (Å²) in [6.07, 6.45) is 3.04. The fourth-order valence-electron chi connectivity index (χ4n) is 4.51. The maximum atomic E-state index is 13.0. The Morgan fingerprint density at radius 3 is 2.79 bits per heavy atom. The topological polar surface area (TPSA) is 117 Å². The van der Waals surface area contributed by atoms with Crippen LogP contribution in [0, 0.1) is 12.8 Å². The molecule has 1 fully saturated rings. The van der Waals surface area contributed by atoms with Crippen LogP contribution in [0.1, 0.15) is 46.8 Å². The van der Waals surface area contributed by atoms with Gasteiger partial charge in [-0.2, -0.15) is 0 Å². The number of benzene rings is 1. The lowest BCUT2D eigenvalue weighted by molar-refractivity contribution is -0.142. The smallest absolute Gasteiger partial charge is 0.341 e. The molecule has 9 nitrogen and oxygen atoms in total. The number of carbonyl (C=O) groups is 3. The van der Waals surface area contributed by atoms with Crippen LogP contribution >= 0.6 is 0 Å². The molecule has 2 heterocycles. The molecule has 0 spiro atoms. The average Bonchev–Trinajstić information content (AvgIpc) is 3.46. The molecule has 0 aromatic heterocycles. The molecule has 34 heavy (non-hydrogen) atoms. The number of cyclic esters (lactones) is 1. The summed E-state index contributed by atoms with van der Waals surface area (Å²) < 4.78 is 23.8. The van der Waals surface area contributed by atoms with Crippen LogP contribution in [0.4, 0.5) is 10.1 Å². The molecular weight excluding hydrogens is 445 g/mol. The number of nitrogens with zero attached hydrogens (tertiary/aromatic N) is 1. The van der Waals surface area contributed by atoms with Gasteiger partial charge in [0, 0.05) is 37.4 Å². The summed E-state index contributed by atoms with van der Waals surface area (Å²) in [5.74, 6) is -2.35. The van der Waals surface area contributed by atoms with E-state index in [1.165, 1.54) is 7.11 Å². The molecule has 3 rings (SSSR count). The van der Waals surface area contributed by atoms with Crippen LogP contribution in [0.5, 0.6) is 5.75 Å². The number of hydrogen-bond donors (Lipinski definition) is 3. The van der Waals surface area contributed by atoms with Crippen molar-refractivity contribution in [2.45, 2.75) is 39.7 Å². The lowest BCUT2D eigenvalue weighted by atomic mass is 9.92. The van der Waals surface area contributed by atoms with E-state index in [9.17, 15) is 23.9 Å². The second-order valence-corrected chi connectivity index (χ2v) is 8.68. The Morgan fingerprint density at radius 1 is 1.41 bits per heavy atom. The van der Waals surface area contributed by atoms with Crippen molar-refractivity contribution in [3.8, 4) is 5.75 Å². The minimum Gasteiger partial charge on any atom is -0.496 e. The molecule has 0 aliphatic carbocycles. The van der Waals surface area contributed by atoms with Crippen molar-refractivity contribution in [3.05, 3.63) is 33.9 Å². The third-order valence-electron chi connectivity index (χ3n) is 6.37. The van der Waals surface area contributed by atoms with Gasteiger partial charge in [0.25, 0.3) is 5.91 Å². The third-order valence-corrected chi connectivity index (χ3v) is 6.37. The zero-order valence-corrected chi connectivity index (χ0v) is 19.8.